The van der Waals surface area contributed by atoms with Crippen LogP contribution in [0.3, 0.4) is 0 Å². The number of nitrogens with zero attached hydrogens (tertiary/aromatic N) is 2. The monoisotopic (exact) mass is 436 g/mol. The van der Waals surface area contributed by atoms with Gasteiger partial charge in [-0.1, -0.05) is 42.5 Å². The lowest BCUT2D eigenvalue weighted by Gasteiger charge is -2.33. The van der Waals surface area contributed by atoms with E-state index in [4.69, 9.17) is 4.74 Å². The van der Waals surface area contributed by atoms with Crippen LogP contribution in [0, 0.1) is 6.92 Å². The van der Waals surface area contributed by atoms with E-state index in [1.54, 1.807) is 0 Å². The highest BCUT2D eigenvalue weighted by atomic mass is 16.6. The Hall–Kier alpha value is -3.53. The molecule has 4 heteroatoms. The second-order valence-corrected chi connectivity index (χ2v) is 9.21. The first-order valence-corrected chi connectivity index (χ1v) is 11.8. The lowest BCUT2D eigenvalue weighted by molar-refractivity contribution is 0.0253. The molecule has 0 saturated heterocycles. The summed E-state index contributed by atoms with van der Waals surface area (Å²) in [6.07, 6.45) is 2.17. The summed E-state index contributed by atoms with van der Waals surface area (Å²) >= 11 is 0. The molecule has 4 aromatic rings. The molecule has 0 spiro atoms. The van der Waals surface area contributed by atoms with Crippen LogP contribution in [0.2, 0.25) is 0 Å². The molecule has 2 aliphatic rings. The predicted molar refractivity (Wildman–Crippen MR) is 132 cm³/mol. The van der Waals surface area contributed by atoms with Gasteiger partial charge >= 0.3 is 5.97 Å². The summed E-state index contributed by atoms with van der Waals surface area (Å²) in [5, 5.41) is 1.14. The summed E-state index contributed by atoms with van der Waals surface area (Å²) in [6, 6.07) is 23.0. The number of benzene rings is 3. The molecule has 0 aliphatic carbocycles. The Morgan fingerprint density at radius 1 is 1.03 bits per heavy atom. The minimum absolute atomic E-state index is 0.256. The lowest BCUT2D eigenvalue weighted by atomic mass is 9.77. The maximum Gasteiger partial charge on any atom is 0.340 e. The molecule has 0 saturated carbocycles. The number of para-hydroxylation sites is 1. The molecule has 1 atom stereocenters. The van der Waals surface area contributed by atoms with Crippen molar-refractivity contribution in [2.24, 2.45) is 0 Å². The van der Waals surface area contributed by atoms with Crippen LogP contribution in [0.15, 0.2) is 66.7 Å². The van der Waals surface area contributed by atoms with Crippen molar-refractivity contribution in [3.05, 3.63) is 100 Å². The van der Waals surface area contributed by atoms with Crippen LogP contribution in [0.5, 0.6) is 0 Å². The number of fused-ring (bicyclic) bond motifs is 3. The third-order valence-electron chi connectivity index (χ3n) is 7.51. The molecule has 3 aromatic carbocycles. The molecule has 6 rings (SSSR count). The van der Waals surface area contributed by atoms with Gasteiger partial charge in [0.2, 0.25) is 0 Å². The number of esters is 1. The first kappa shape index (κ1) is 20.1. The van der Waals surface area contributed by atoms with Gasteiger partial charge in [0.1, 0.15) is 0 Å². The number of ether oxygens (including phenoxy) is 1. The molecular formula is C29H28N2O2. The summed E-state index contributed by atoms with van der Waals surface area (Å²) in [5.41, 5.74) is 7.61. The van der Waals surface area contributed by atoms with Crippen LogP contribution in [0.25, 0.3) is 10.9 Å². The second kappa shape index (κ2) is 7.24. The fraction of sp³-hybridized carbons (Fsp3) is 0.276. The Kier molecular flexibility index (Phi) is 4.41. The van der Waals surface area contributed by atoms with E-state index in [1.165, 1.54) is 16.8 Å². The summed E-state index contributed by atoms with van der Waals surface area (Å²) in [6.45, 7) is 6.24. The SMILES string of the molecule is CCn1c(C)c(C2(c3ccc4c(c3)CCCN4C)OC(=O)c3ccccc32)c2ccccc21. The highest BCUT2D eigenvalue weighted by Crippen LogP contribution is 2.51. The Labute approximate surface area is 194 Å². The van der Waals surface area contributed by atoms with Crippen molar-refractivity contribution in [1.29, 1.82) is 0 Å². The van der Waals surface area contributed by atoms with Crippen molar-refractivity contribution in [3.63, 3.8) is 0 Å². The van der Waals surface area contributed by atoms with Crippen LogP contribution >= 0.6 is 0 Å². The molecule has 0 radical (unpaired) electrons. The number of aromatic nitrogens is 1. The topological polar surface area (TPSA) is 34.5 Å². The Bertz CT molecular complexity index is 1420. The molecule has 166 valence electrons. The van der Waals surface area contributed by atoms with Gasteiger partial charge in [-0.3, -0.25) is 0 Å². The van der Waals surface area contributed by atoms with E-state index in [-0.39, 0.29) is 5.97 Å². The maximum atomic E-state index is 13.3. The molecule has 0 fully saturated rings. The van der Waals surface area contributed by atoms with Gasteiger partial charge in [0.05, 0.1) is 5.56 Å². The molecule has 3 heterocycles. The van der Waals surface area contributed by atoms with Crippen molar-refractivity contribution in [2.45, 2.75) is 38.8 Å². The van der Waals surface area contributed by atoms with Gasteiger partial charge in [-0.05, 0) is 56.5 Å². The zero-order chi connectivity index (χ0) is 22.7. The van der Waals surface area contributed by atoms with E-state index < -0.39 is 5.60 Å². The van der Waals surface area contributed by atoms with E-state index in [0.717, 1.165) is 53.7 Å². The van der Waals surface area contributed by atoms with E-state index in [9.17, 15) is 4.79 Å². The van der Waals surface area contributed by atoms with Crippen molar-refractivity contribution in [2.75, 3.05) is 18.5 Å². The summed E-state index contributed by atoms with van der Waals surface area (Å²) in [5.74, 6) is -0.256. The number of rotatable bonds is 3. The highest BCUT2D eigenvalue weighted by Gasteiger charge is 2.51. The quantitative estimate of drug-likeness (QED) is 0.380. The molecule has 1 unspecified atom stereocenters. The number of cyclic esters (lactones) is 1. The largest absolute Gasteiger partial charge is 0.440 e. The van der Waals surface area contributed by atoms with Crippen LogP contribution < -0.4 is 4.90 Å². The van der Waals surface area contributed by atoms with E-state index in [0.29, 0.717) is 5.56 Å². The number of carbonyl (C=O) groups excluding carboxylic acids is 1. The zero-order valence-corrected chi connectivity index (χ0v) is 19.4. The fourth-order valence-electron chi connectivity index (χ4n) is 6.05. The standard InChI is InChI=1S/C29H28N2O2/c1-4-31-19(2)27(23-12-6-8-14-26(23)31)29(24-13-7-5-11-22(24)28(32)33-29)21-15-16-25-20(18-21)10-9-17-30(25)3/h5-8,11-16,18H,4,9-10,17H2,1-3H3. The van der Waals surface area contributed by atoms with Gasteiger partial charge in [-0.25, -0.2) is 4.79 Å². The molecule has 1 aromatic heterocycles. The summed E-state index contributed by atoms with van der Waals surface area (Å²) in [4.78, 5) is 15.6. The van der Waals surface area contributed by atoms with Crippen molar-refractivity contribution in [1.82, 2.24) is 4.57 Å². The Balaban J connectivity index is 1.73. The number of carbonyl (C=O) groups is 1. The third-order valence-corrected chi connectivity index (χ3v) is 7.51. The number of hydrogen-bond acceptors (Lipinski definition) is 3. The smallest absolute Gasteiger partial charge is 0.340 e. The number of aryl methyl sites for hydroxylation is 2. The van der Waals surface area contributed by atoms with Gasteiger partial charge < -0.3 is 14.2 Å². The molecule has 2 aliphatic heterocycles. The fourth-order valence-corrected chi connectivity index (χ4v) is 6.05. The van der Waals surface area contributed by atoms with Crippen molar-refractivity contribution in [3.8, 4) is 0 Å². The zero-order valence-electron chi connectivity index (χ0n) is 19.4. The molecule has 0 bridgehead atoms. The minimum atomic E-state index is -0.969. The molecule has 4 nitrogen and oxygen atoms in total. The van der Waals surface area contributed by atoms with Crippen LogP contribution in [-0.4, -0.2) is 24.1 Å². The average molecular weight is 437 g/mol. The van der Waals surface area contributed by atoms with Crippen LogP contribution in [0.1, 0.15) is 51.7 Å². The summed E-state index contributed by atoms with van der Waals surface area (Å²) < 4.78 is 8.82. The predicted octanol–water partition coefficient (Wildman–Crippen LogP) is 5.81. The number of hydrogen-bond donors (Lipinski definition) is 0. The summed E-state index contributed by atoms with van der Waals surface area (Å²) in [7, 11) is 2.15. The van der Waals surface area contributed by atoms with Gasteiger partial charge in [0, 0.05) is 59.1 Å². The Morgan fingerprint density at radius 3 is 2.67 bits per heavy atom. The Morgan fingerprint density at radius 2 is 1.82 bits per heavy atom. The van der Waals surface area contributed by atoms with E-state index in [1.807, 2.05) is 18.2 Å². The average Bonchev–Trinajstić information content (AvgIpc) is 3.30. The third kappa shape index (κ3) is 2.67. The first-order chi connectivity index (χ1) is 16.1. The van der Waals surface area contributed by atoms with Gasteiger partial charge in [0.25, 0.3) is 0 Å². The molecular weight excluding hydrogens is 408 g/mol. The van der Waals surface area contributed by atoms with Gasteiger partial charge in [-0.15, -0.1) is 0 Å². The van der Waals surface area contributed by atoms with Crippen molar-refractivity contribution >= 4 is 22.6 Å². The maximum absolute atomic E-state index is 13.3. The number of anilines is 1. The highest BCUT2D eigenvalue weighted by molar-refractivity contribution is 5.98. The van der Waals surface area contributed by atoms with Gasteiger partial charge in [-0.2, -0.15) is 0 Å². The first-order valence-electron chi connectivity index (χ1n) is 11.8. The van der Waals surface area contributed by atoms with Crippen molar-refractivity contribution < 1.29 is 9.53 Å². The van der Waals surface area contributed by atoms with Gasteiger partial charge in [0.15, 0.2) is 5.60 Å². The molecule has 0 N–H and O–H groups in total. The molecule has 0 amide bonds. The molecule has 33 heavy (non-hydrogen) atoms. The van der Waals surface area contributed by atoms with E-state index in [2.05, 4.69) is 78.9 Å². The van der Waals surface area contributed by atoms with Crippen LogP contribution in [0.4, 0.5) is 5.69 Å². The normalized spacial score (nSPS) is 19.5. The second-order valence-electron chi connectivity index (χ2n) is 9.21. The minimum Gasteiger partial charge on any atom is -0.440 e. The van der Waals surface area contributed by atoms with E-state index >= 15 is 0 Å². The van der Waals surface area contributed by atoms with Crippen LogP contribution in [-0.2, 0) is 23.3 Å². The lowest BCUT2D eigenvalue weighted by Crippen LogP contribution is -2.31.